The lowest BCUT2D eigenvalue weighted by Crippen LogP contribution is -2.31. The Kier molecular flexibility index (Phi) is 4.53. The van der Waals surface area contributed by atoms with Gasteiger partial charge >= 0.3 is 0 Å². The van der Waals surface area contributed by atoms with Gasteiger partial charge in [0.15, 0.2) is 0 Å². The van der Waals surface area contributed by atoms with Gasteiger partial charge in [-0.1, -0.05) is 0 Å². The van der Waals surface area contributed by atoms with Gasteiger partial charge in [0.05, 0.1) is 12.1 Å². The summed E-state index contributed by atoms with van der Waals surface area (Å²) in [7, 11) is 1.79. The van der Waals surface area contributed by atoms with Gasteiger partial charge in [-0.05, 0) is 24.3 Å². The molecular formula is C12H12N4O. The number of anilines is 1. The van der Waals surface area contributed by atoms with Crippen molar-refractivity contribution in [2.75, 3.05) is 25.5 Å². The number of nitriles is 2. The molecule has 0 saturated heterocycles. The molecule has 1 aromatic carbocycles. The highest BCUT2D eigenvalue weighted by molar-refractivity contribution is 5.94. The lowest BCUT2D eigenvalue weighted by Gasteiger charge is -2.15. The third-order valence-corrected chi connectivity index (χ3v) is 2.23. The molecule has 0 aliphatic carbocycles. The molecule has 17 heavy (non-hydrogen) atoms. The fraction of sp³-hybridized carbons (Fsp3) is 0.250. The zero-order chi connectivity index (χ0) is 12.7. The Morgan fingerprint density at radius 3 is 2.18 bits per heavy atom. The maximum atomic E-state index is 11.9. The van der Waals surface area contributed by atoms with Crippen LogP contribution in [0.5, 0.6) is 0 Å². The van der Waals surface area contributed by atoms with Crippen molar-refractivity contribution in [3.8, 4) is 12.1 Å². The molecule has 0 spiro atoms. The Morgan fingerprint density at radius 2 is 1.76 bits per heavy atom. The molecule has 0 aliphatic heterocycles. The number of benzene rings is 1. The molecule has 1 amide bonds. The Hall–Kier alpha value is -2.53. The Balaban J connectivity index is 2.86. The number of carbonyl (C=O) groups excluding carboxylic acids is 1. The van der Waals surface area contributed by atoms with Crippen LogP contribution in [-0.4, -0.2) is 30.9 Å². The predicted molar refractivity (Wildman–Crippen MR) is 63.1 cm³/mol. The molecule has 0 heterocycles. The van der Waals surface area contributed by atoms with Crippen molar-refractivity contribution < 1.29 is 4.79 Å². The van der Waals surface area contributed by atoms with Crippen LogP contribution in [0.3, 0.4) is 0 Å². The largest absolute Gasteiger partial charge is 0.388 e. The summed E-state index contributed by atoms with van der Waals surface area (Å²) in [6.07, 6.45) is 0. The van der Waals surface area contributed by atoms with E-state index in [1.165, 1.54) is 4.90 Å². The van der Waals surface area contributed by atoms with Crippen LogP contribution < -0.4 is 5.32 Å². The summed E-state index contributed by atoms with van der Waals surface area (Å²) in [6, 6.07) is 10.6. The van der Waals surface area contributed by atoms with E-state index in [1.807, 2.05) is 12.1 Å². The number of nitrogens with zero attached hydrogens (tertiary/aromatic N) is 3. The van der Waals surface area contributed by atoms with Gasteiger partial charge in [0.25, 0.3) is 5.91 Å². The smallest absolute Gasteiger partial charge is 0.255 e. The highest BCUT2D eigenvalue weighted by atomic mass is 16.2. The van der Waals surface area contributed by atoms with E-state index in [2.05, 4.69) is 5.32 Å². The normalized spacial score (nSPS) is 8.88. The first-order valence-corrected chi connectivity index (χ1v) is 5.04. The predicted octanol–water partition coefficient (Wildman–Crippen LogP) is 1.22. The van der Waals surface area contributed by atoms with E-state index in [4.69, 9.17) is 10.5 Å². The van der Waals surface area contributed by atoms with E-state index in [0.717, 1.165) is 5.69 Å². The maximum Gasteiger partial charge on any atom is 0.255 e. The molecule has 0 atom stereocenters. The van der Waals surface area contributed by atoms with Crippen LogP contribution in [0.25, 0.3) is 0 Å². The van der Waals surface area contributed by atoms with E-state index < -0.39 is 0 Å². The van der Waals surface area contributed by atoms with Crippen molar-refractivity contribution in [2.45, 2.75) is 0 Å². The molecule has 0 saturated carbocycles. The van der Waals surface area contributed by atoms with E-state index in [-0.39, 0.29) is 19.0 Å². The standard InChI is InChI=1S/C12H12N4O/c1-15-11-4-2-10(3-5-11)12(17)16(8-6-13)9-7-14/h2-5,15H,8-9H2,1H3. The topological polar surface area (TPSA) is 79.9 Å². The number of hydrogen-bond acceptors (Lipinski definition) is 4. The molecule has 86 valence electrons. The zero-order valence-corrected chi connectivity index (χ0v) is 9.47. The molecule has 0 bridgehead atoms. The fourth-order valence-corrected chi connectivity index (χ4v) is 1.33. The van der Waals surface area contributed by atoms with Gasteiger partial charge in [-0.15, -0.1) is 0 Å². The molecule has 1 aromatic rings. The highest BCUT2D eigenvalue weighted by Gasteiger charge is 2.14. The lowest BCUT2D eigenvalue weighted by molar-refractivity contribution is 0.0795. The minimum atomic E-state index is -0.309. The number of carbonyl (C=O) groups is 1. The molecule has 0 unspecified atom stereocenters. The minimum Gasteiger partial charge on any atom is -0.388 e. The quantitative estimate of drug-likeness (QED) is 0.786. The Labute approximate surface area is 99.9 Å². The third-order valence-electron chi connectivity index (χ3n) is 2.23. The molecule has 0 aromatic heterocycles. The summed E-state index contributed by atoms with van der Waals surface area (Å²) < 4.78 is 0. The van der Waals surface area contributed by atoms with Gasteiger partial charge in [0, 0.05) is 18.3 Å². The summed E-state index contributed by atoms with van der Waals surface area (Å²) in [5, 5.41) is 20.1. The molecule has 0 aliphatic rings. The Bertz CT molecular complexity index is 451. The minimum absolute atomic E-state index is 0.0832. The second-order valence-corrected chi connectivity index (χ2v) is 3.30. The summed E-state index contributed by atoms with van der Waals surface area (Å²) in [5.74, 6) is -0.309. The van der Waals surface area contributed by atoms with Crippen molar-refractivity contribution in [1.29, 1.82) is 10.5 Å². The average molecular weight is 228 g/mol. The first-order chi connectivity index (χ1) is 8.22. The van der Waals surface area contributed by atoms with Crippen molar-refractivity contribution in [2.24, 2.45) is 0 Å². The molecule has 1 rings (SSSR count). The third kappa shape index (κ3) is 3.22. The van der Waals surface area contributed by atoms with E-state index in [0.29, 0.717) is 5.56 Å². The molecule has 0 fully saturated rings. The van der Waals surface area contributed by atoms with Crippen LogP contribution >= 0.6 is 0 Å². The van der Waals surface area contributed by atoms with Crippen LogP contribution in [0.15, 0.2) is 24.3 Å². The molecule has 0 radical (unpaired) electrons. The summed E-state index contributed by atoms with van der Waals surface area (Å²) >= 11 is 0. The summed E-state index contributed by atoms with van der Waals surface area (Å²) in [4.78, 5) is 13.1. The lowest BCUT2D eigenvalue weighted by atomic mass is 10.2. The second-order valence-electron chi connectivity index (χ2n) is 3.30. The number of hydrogen-bond donors (Lipinski definition) is 1. The van der Waals surface area contributed by atoms with Crippen LogP contribution in [0.2, 0.25) is 0 Å². The van der Waals surface area contributed by atoms with Crippen LogP contribution in [-0.2, 0) is 0 Å². The molecule has 5 heteroatoms. The fourth-order valence-electron chi connectivity index (χ4n) is 1.33. The van der Waals surface area contributed by atoms with Crippen LogP contribution in [0, 0.1) is 22.7 Å². The van der Waals surface area contributed by atoms with Gasteiger partial charge in [0.2, 0.25) is 0 Å². The van der Waals surface area contributed by atoms with E-state index in [1.54, 1.807) is 31.3 Å². The molecule has 1 N–H and O–H groups in total. The number of nitrogens with one attached hydrogen (secondary N) is 1. The SMILES string of the molecule is CNc1ccc(C(=O)N(CC#N)CC#N)cc1. The van der Waals surface area contributed by atoms with Crippen LogP contribution in [0.4, 0.5) is 5.69 Å². The van der Waals surface area contributed by atoms with E-state index in [9.17, 15) is 4.79 Å². The maximum absolute atomic E-state index is 11.9. The van der Waals surface area contributed by atoms with Crippen molar-refractivity contribution in [3.05, 3.63) is 29.8 Å². The second kappa shape index (κ2) is 6.14. The van der Waals surface area contributed by atoms with Crippen molar-refractivity contribution in [3.63, 3.8) is 0 Å². The Morgan fingerprint density at radius 1 is 1.24 bits per heavy atom. The van der Waals surface area contributed by atoms with Gasteiger partial charge < -0.3 is 10.2 Å². The van der Waals surface area contributed by atoms with Crippen LogP contribution in [0.1, 0.15) is 10.4 Å². The van der Waals surface area contributed by atoms with Gasteiger partial charge in [0.1, 0.15) is 13.1 Å². The van der Waals surface area contributed by atoms with Crippen molar-refractivity contribution >= 4 is 11.6 Å². The first-order valence-electron chi connectivity index (χ1n) is 5.04. The van der Waals surface area contributed by atoms with Gasteiger partial charge in [-0.3, -0.25) is 4.79 Å². The average Bonchev–Trinajstić information content (AvgIpc) is 2.38. The van der Waals surface area contributed by atoms with Gasteiger partial charge in [-0.25, -0.2) is 0 Å². The molecule has 5 nitrogen and oxygen atoms in total. The first kappa shape index (κ1) is 12.5. The number of amides is 1. The van der Waals surface area contributed by atoms with E-state index >= 15 is 0 Å². The summed E-state index contributed by atoms with van der Waals surface area (Å²) in [5.41, 5.74) is 1.36. The van der Waals surface area contributed by atoms with Crippen molar-refractivity contribution in [1.82, 2.24) is 4.90 Å². The van der Waals surface area contributed by atoms with Gasteiger partial charge in [-0.2, -0.15) is 10.5 Å². The monoisotopic (exact) mass is 228 g/mol. The highest BCUT2D eigenvalue weighted by Crippen LogP contribution is 2.10. The molecular weight excluding hydrogens is 216 g/mol. The zero-order valence-electron chi connectivity index (χ0n) is 9.47. The number of rotatable bonds is 4. The summed E-state index contributed by atoms with van der Waals surface area (Å²) in [6.45, 7) is -0.166.